The molecule has 29 heavy (non-hydrogen) atoms. The smallest absolute Gasteiger partial charge is 0.260 e. The number of hydrogen-bond donors (Lipinski definition) is 1. The maximum Gasteiger partial charge on any atom is 0.260 e. The lowest BCUT2D eigenvalue weighted by atomic mass is 9.97. The number of rotatable bonds is 7. The van der Waals surface area contributed by atoms with E-state index in [0.717, 1.165) is 38.2 Å². The normalized spacial score (nSPS) is 14.8. The van der Waals surface area contributed by atoms with Crippen LogP contribution in [-0.2, 0) is 4.79 Å². The van der Waals surface area contributed by atoms with Crippen molar-refractivity contribution in [3.63, 3.8) is 0 Å². The minimum Gasteiger partial charge on any atom is -0.484 e. The number of nitrogens with zero attached hydrogens (tertiary/aromatic N) is 1. The molecule has 4 nitrogen and oxygen atoms in total. The summed E-state index contributed by atoms with van der Waals surface area (Å²) < 4.78 is 9.10. The van der Waals surface area contributed by atoms with Gasteiger partial charge in [0.05, 0.1) is 0 Å². The van der Waals surface area contributed by atoms with E-state index < -0.39 is 0 Å². The lowest BCUT2D eigenvalue weighted by molar-refractivity contribution is -0.134. The maximum absolute atomic E-state index is 12.4. The van der Waals surface area contributed by atoms with Crippen molar-refractivity contribution < 1.29 is 9.53 Å². The van der Waals surface area contributed by atoms with E-state index in [-0.39, 0.29) is 12.5 Å². The van der Waals surface area contributed by atoms with Crippen molar-refractivity contribution in [2.24, 2.45) is 5.92 Å². The Kier molecular flexibility index (Phi) is 6.70. The van der Waals surface area contributed by atoms with Crippen molar-refractivity contribution in [1.29, 1.82) is 0 Å². The van der Waals surface area contributed by atoms with E-state index in [4.69, 9.17) is 4.74 Å². The zero-order valence-corrected chi connectivity index (χ0v) is 17.2. The SMILES string of the molecule is O=C(COc1ccccc1)N1CCC(CNSc2ccc3ccccc3c2)CC1. The largest absolute Gasteiger partial charge is 0.484 e. The summed E-state index contributed by atoms with van der Waals surface area (Å²) in [5.74, 6) is 1.42. The molecule has 0 saturated carbocycles. The first-order chi connectivity index (χ1) is 14.3. The van der Waals surface area contributed by atoms with Gasteiger partial charge in [-0.3, -0.25) is 9.52 Å². The van der Waals surface area contributed by atoms with Gasteiger partial charge < -0.3 is 9.64 Å². The fourth-order valence-electron chi connectivity index (χ4n) is 3.61. The Labute approximate surface area is 176 Å². The van der Waals surface area contributed by atoms with Crippen LogP contribution in [0.2, 0.25) is 0 Å². The van der Waals surface area contributed by atoms with E-state index in [1.165, 1.54) is 15.7 Å². The Balaban J connectivity index is 1.17. The van der Waals surface area contributed by atoms with Gasteiger partial charge in [0.25, 0.3) is 5.91 Å². The number of fused-ring (bicyclic) bond motifs is 1. The van der Waals surface area contributed by atoms with Gasteiger partial charge in [0.1, 0.15) is 5.75 Å². The van der Waals surface area contributed by atoms with E-state index in [2.05, 4.69) is 47.2 Å². The van der Waals surface area contributed by atoms with E-state index in [9.17, 15) is 4.79 Å². The number of carbonyl (C=O) groups is 1. The predicted molar refractivity (Wildman–Crippen MR) is 119 cm³/mol. The topological polar surface area (TPSA) is 41.6 Å². The summed E-state index contributed by atoms with van der Waals surface area (Å²) >= 11 is 1.69. The average Bonchev–Trinajstić information content (AvgIpc) is 2.78. The van der Waals surface area contributed by atoms with Gasteiger partial charge in [0, 0.05) is 24.5 Å². The minimum atomic E-state index is 0.0748. The van der Waals surface area contributed by atoms with Crippen LogP contribution in [0.1, 0.15) is 12.8 Å². The third kappa shape index (κ3) is 5.52. The molecule has 1 saturated heterocycles. The molecule has 3 aromatic carbocycles. The molecule has 1 fully saturated rings. The van der Waals surface area contributed by atoms with Crippen molar-refractivity contribution in [1.82, 2.24) is 9.62 Å². The molecule has 1 heterocycles. The molecule has 1 aliphatic heterocycles. The first kappa shape index (κ1) is 19.8. The highest BCUT2D eigenvalue weighted by Crippen LogP contribution is 2.23. The van der Waals surface area contributed by atoms with Crippen LogP contribution in [0, 0.1) is 5.92 Å². The molecular weight excluding hydrogens is 380 g/mol. The Morgan fingerprint density at radius 3 is 2.48 bits per heavy atom. The lowest BCUT2D eigenvalue weighted by Crippen LogP contribution is -2.42. The third-order valence-electron chi connectivity index (χ3n) is 5.36. The summed E-state index contributed by atoms with van der Waals surface area (Å²) in [6.45, 7) is 2.69. The molecule has 0 bridgehead atoms. The van der Waals surface area contributed by atoms with Crippen molar-refractivity contribution in [2.45, 2.75) is 17.7 Å². The second kappa shape index (κ2) is 9.81. The summed E-state index contributed by atoms with van der Waals surface area (Å²) in [5.41, 5.74) is 0. The second-order valence-corrected chi connectivity index (χ2v) is 8.35. The van der Waals surface area contributed by atoms with Crippen molar-refractivity contribution in [2.75, 3.05) is 26.2 Å². The summed E-state index contributed by atoms with van der Waals surface area (Å²) in [6, 6.07) is 24.5. The molecule has 5 heteroatoms. The van der Waals surface area contributed by atoms with Gasteiger partial charge >= 0.3 is 0 Å². The Morgan fingerprint density at radius 2 is 1.69 bits per heavy atom. The number of benzene rings is 3. The van der Waals surface area contributed by atoms with Crippen LogP contribution < -0.4 is 9.46 Å². The molecular formula is C24H26N2O2S. The molecule has 0 spiro atoms. The molecule has 4 rings (SSSR count). The van der Waals surface area contributed by atoms with Gasteiger partial charge in [-0.05, 0) is 65.7 Å². The molecule has 150 valence electrons. The van der Waals surface area contributed by atoms with Crippen molar-refractivity contribution >= 4 is 28.6 Å². The van der Waals surface area contributed by atoms with Gasteiger partial charge in [0.15, 0.2) is 6.61 Å². The van der Waals surface area contributed by atoms with Crippen LogP contribution in [0.5, 0.6) is 5.75 Å². The van der Waals surface area contributed by atoms with Gasteiger partial charge in [-0.15, -0.1) is 0 Å². The van der Waals surface area contributed by atoms with Gasteiger partial charge in [-0.2, -0.15) is 0 Å². The quantitative estimate of drug-likeness (QED) is 0.575. The number of carbonyl (C=O) groups excluding carboxylic acids is 1. The first-order valence-electron chi connectivity index (χ1n) is 10.1. The fraction of sp³-hybridized carbons (Fsp3) is 0.292. The molecule has 0 atom stereocenters. The molecule has 1 N–H and O–H groups in total. The molecule has 3 aromatic rings. The first-order valence-corrected chi connectivity index (χ1v) is 10.9. The second-order valence-electron chi connectivity index (χ2n) is 7.39. The molecule has 1 amide bonds. The van der Waals surface area contributed by atoms with Crippen LogP contribution in [0.15, 0.2) is 77.7 Å². The third-order valence-corrected chi connectivity index (χ3v) is 6.16. The summed E-state index contributed by atoms with van der Waals surface area (Å²) in [6.07, 6.45) is 2.06. The number of likely N-dealkylation sites (tertiary alicyclic amines) is 1. The maximum atomic E-state index is 12.4. The molecule has 0 aliphatic carbocycles. The summed E-state index contributed by atoms with van der Waals surface area (Å²) in [4.78, 5) is 15.5. The predicted octanol–water partition coefficient (Wildman–Crippen LogP) is 4.75. The molecule has 0 unspecified atom stereocenters. The number of hydrogen-bond acceptors (Lipinski definition) is 4. The number of nitrogens with one attached hydrogen (secondary N) is 1. The monoisotopic (exact) mass is 406 g/mol. The van der Waals surface area contributed by atoms with E-state index in [1.807, 2.05) is 35.2 Å². The Hall–Kier alpha value is -2.50. The van der Waals surface area contributed by atoms with Crippen LogP contribution in [0.3, 0.4) is 0 Å². The average molecular weight is 407 g/mol. The molecule has 0 aromatic heterocycles. The Bertz CT molecular complexity index is 940. The van der Waals surface area contributed by atoms with Crippen LogP contribution in [0.4, 0.5) is 0 Å². The van der Waals surface area contributed by atoms with Crippen LogP contribution >= 0.6 is 11.9 Å². The Morgan fingerprint density at radius 1 is 0.966 bits per heavy atom. The zero-order chi connectivity index (χ0) is 19.9. The fourth-order valence-corrected chi connectivity index (χ4v) is 4.42. The van der Waals surface area contributed by atoms with E-state index in [1.54, 1.807) is 11.9 Å². The highest BCUT2D eigenvalue weighted by molar-refractivity contribution is 7.97. The highest BCUT2D eigenvalue weighted by atomic mass is 32.2. The van der Waals surface area contributed by atoms with Gasteiger partial charge in [-0.1, -0.05) is 48.5 Å². The lowest BCUT2D eigenvalue weighted by Gasteiger charge is -2.32. The standard InChI is InChI=1S/C24H26N2O2S/c27-24(18-28-22-8-2-1-3-9-22)26-14-12-19(13-15-26)17-25-29-23-11-10-20-6-4-5-7-21(20)16-23/h1-11,16,19,25H,12-15,17-18H2. The number of piperidine rings is 1. The van der Waals surface area contributed by atoms with Crippen LogP contribution in [0.25, 0.3) is 10.8 Å². The highest BCUT2D eigenvalue weighted by Gasteiger charge is 2.22. The molecule has 1 aliphatic rings. The van der Waals surface area contributed by atoms with Gasteiger partial charge in [0.2, 0.25) is 0 Å². The minimum absolute atomic E-state index is 0.0748. The van der Waals surface area contributed by atoms with E-state index in [0.29, 0.717) is 5.92 Å². The van der Waals surface area contributed by atoms with Crippen molar-refractivity contribution in [3.8, 4) is 5.75 Å². The van der Waals surface area contributed by atoms with Gasteiger partial charge in [-0.25, -0.2) is 0 Å². The van der Waals surface area contributed by atoms with E-state index >= 15 is 0 Å². The summed E-state index contributed by atoms with van der Waals surface area (Å²) in [5, 5.41) is 2.54. The number of amides is 1. The number of ether oxygens (including phenoxy) is 1. The number of para-hydroxylation sites is 1. The van der Waals surface area contributed by atoms with Crippen LogP contribution in [-0.4, -0.2) is 37.0 Å². The molecule has 0 radical (unpaired) electrons. The summed E-state index contributed by atoms with van der Waals surface area (Å²) in [7, 11) is 0. The van der Waals surface area contributed by atoms with Crippen molar-refractivity contribution in [3.05, 3.63) is 72.8 Å². The zero-order valence-electron chi connectivity index (χ0n) is 16.4.